The van der Waals surface area contributed by atoms with Crippen LogP contribution < -0.4 is 9.30 Å². The Morgan fingerprint density at radius 3 is 1.64 bits per heavy atom. The van der Waals surface area contributed by atoms with E-state index in [1.54, 1.807) is 0 Å². The SMILES string of the molecule is CC(C)(C)c1cc2c(c(C(C)(C)C)c1)C1(c3ccc(Oc4[c-]c5c(cc4)c4ccccc4n5-c4ccccn4)[c-]c3-n3[c-][n+](-c4c(-c5ccncc5)cccc4-c4ccncc4)c4cccc1c43)c1c-2cc(C(C)(C)C)cc1C(C)(C)C.[Pt]. The third-order valence-electron chi connectivity index (χ3n) is 17.2. The molecule has 0 saturated heterocycles. The molecule has 7 nitrogen and oxygen atoms in total. The molecule has 5 aromatic heterocycles. The second-order valence-electron chi connectivity index (χ2n) is 26.6. The zero-order valence-corrected chi connectivity index (χ0v) is 51.5. The number of hydrogen-bond acceptors (Lipinski definition) is 4. The van der Waals surface area contributed by atoms with Gasteiger partial charge in [-0.15, -0.1) is 35.2 Å². The molecule has 0 N–H and O–H groups in total. The summed E-state index contributed by atoms with van der Waals surface area (Å²) in [5.41, 5.74) is 21.3. The van der Waals surface area contributed by atoms with E-state index >= 15 is 0 Å². The number of benzene rings is 7. The van der Waals surface area contributed by atoms with Crippen LogP contribution in [0.15, 0.2) is 183 Å². The Hall–Kier alpha value is -8.25. The van der Waals surface area contributed by atoms with Gasteiger partial charge in [-0.3, -0.25) is 14.5 Å². The second-order valence-corrected chi connectivity index (χ2v) is 26.6. The van der Waals surface area contributed by atoms with E-state index in [4.69, 9.17) is 9.72 Å². The Kier molecular flexibility index (Phi) is 12.5. The van der Waals surface area contributed by atoms with Crippen LogP contribution in [0.25, 0.3) is 83.4 Å². The fourth-order valence-corrected chi connectivity index (χ4v) is 13.3. The molecule has 83 heavy (non-hydrogen) atoms. The van der Waals surface area contributed by atoms with E-state index in [-0.39, 0.29) is 42.7 Å². The van der Waals surface area contributed by atoms with Gasteiger partial charge in [0.1, 0.15) is 5.82 Å². The Morgan fingerprint density at radius 1 is 0.494 bits per heavy atom. The zero-order valence-electron chi connectivity index (χ0n) is 49.2. The molecule has 8 heteroatoms. The molecule has 7 aromatic carbocycles. The van der Waals surface area contributed by atoms with Crippen molar-refractivity contribution in [1.82, 2.24) is 24.1 Å². The van der Waals surface area contributed by atoms with Gasteiger partial charge >= 0.3 is 0 Å². The average Bonchev–Trinajstić information content (AvgIpc) is 1.59. The topological polar surface area (TPSA) is 61.6 Å². The van der Waals surface area contributed by atoms with Gasteiger partial charge in [-0.25, -0.2) is 4.98 Å². The summed E-state index contributed by atoms with van der Waals surface area (Å²) in [7, 11) is 0. The van der Waals surface area contributed by atoms with Crippen molar-refractivity contribution in [1.29, 1.82) is 0 Å². The molecule has 12 aromatic rings. The van der Waals surface area contributed by atoms with E-state index < -0.39 is 5.41 Å². The van der Waals surface area contributed by atoms with Crippen molar-refractivity contribution in [2.45, 2.75) is 110 Å². The van der Waals surface area contributed by atoms with Crippen molar-refractivity contribution in [2.75, 3.05) is 0 Å². The standard InChI is InChI=1S/C75H66N6O.Pt/c1-71(2,3)48-39-56-57-40-49(72(4,5)6)42-61(74(10,11)12)68(57)75(67(56)60(41-48)73(7,8)9)58-29-27-51(82-50-26-28-55-54-19-13-14-23-62(54)81(64(55)43-50)66-25-15-16-34-78-66)44-65(58)80-45-79(63-24-18-22-59(75)70(63)80)69-52(46-30-35-76-36-31-46)20-17-21-53(69)47-32-37-77-38-33-47;/h13-42H,1-12H3;/q-2;. The molecule has 2 aliphatic rings. The molecule has 0 unspecified atom stereocenters. The Morgan fingerprint density at radius 2 is 1.06 bits per heavy atom. The normalized spacial score (nSPS) is 13.5. The zero-order chi connectivity index (χ0) is 56.8. The molecule has 0 saturated carbocycles. The Bertz CT molecular complexity index is 4430. The maximum absolute atomic E-state index is 7.13. The van der Waals surface area contributed by atoms with Crippen molar-refractivity contribution in [3.63, 3.8) is 0 Å². The molecule has 0 atom stereocenters. The fourth-order valence-electron chi connectivity index (χ4n) is 13.3. The van der Waals surface area contributed by atoms with E-state index in [9.17, 15) is 0 Å². The maximum Gasteiger partial charge on any atom is 0.268 e. The number of ether oxygens (including phenoxy) is 1. The minimum absolute atomic E-state index is 0. The molecule has 0 radical (unpaired) electrons. The van der Waals surface area contributed by atoms with Gasteiger partial charge < -0.3 is 13.9 Å². The van der Waals surface area contributed by atoms with Crippen LogP contribution in [0.3, 0.4) is 0 Å². The molecule has 0 amide bonds. The minimum Gasteiger partial charge on any atom is -0.510 e. The summed E-state index contributed by atoms with van der Waals surface area (Å²) < 4.78 is 13.9. The molecule has 1 aliphatic heterocycles. The summed E-state index contributed by atoms with van der Waals surface area (Å²) in [5.74, 6) is 1.96. The molecule has 0 bridgehead atoms. The van der Waals surface area contributed by atoms with Crippen LogP contribution in [0.2, 0.25) is 0 Å². The van der Waals surface area contributed by atoms with E-state index in [2.05, 4.69) is 253 Å². The first kappa shape index (κ1) is 54.0. The number of fused-ring (bicyclic) bond motifs is 12. The molecule has 1 aliphatic carbocycles. The Labute approximate surface area is 502 Å². The van der Waals surface area contributed by atoms with Crippen molar-refractivity contribution < 1.29 is 30.4 Å². The maximum atomic E-state index is 7.13. The Balaban J connectivity index is 0.00000645. The molecule has 414 valence electrons. The van der Waals surface area contributed by atoms with Crippen molar-refractivity contribution in [3.05, 3.63) is 246 Å². The number of pyridine rings is 3. The fraction of sp³-hybridized carbons (Fsp3) is 0.227. The van der Waals surface area contributed by atoms with Crippen LogP contribution in [-0.2, 0) is 48.1 Å². The van der Waals surface area contributed by atoms with E-state index in [0.29, 0.717) is 11.5 Å². The van der Waals surface area contributed by atoms with Gasteiger partial charge in [0.15, 0.2) is 0 Å². The van der Waals surface area contributed by atoms with Gasteiger partial charge in [0.05, 0.1) is 16.7 Å². The predicted octanol–water partition coefficient (Wildman–Crippen LogP) is 17.6. The van der Waals surface area contributed by atoms with Gasteiger partial charge in [-0.2, -0.15) is 12.1 Å². The summed E-state index contributed by atoms with van der Waals surface area (Å²) in [4.78, 5) is 13.7. The van der Waals surface area contributed by atoms with Crippen LogP contribution in [0.5, 0.6) is 11.5 Å². The smallest absolute Gasteiger partial charge is 0.268 e. The molecule has 1 spiro atoms. The van der Waals surface area contributed by atoms with Crippen molar-refractivity contribution in [2.24, 2.45) is 0 Å². The average molecular weight is 1260 g/mol. The summed E-state index contributed by atoms with van der Waals surface area (Å²) >= 11 is 0. The number of nitrogens with zero attached hydrogens (tertiary/aromatic N) is 6. The number of imidazole rings is 1. The summed E-state index contributed by atoms with van der Waals surface area (Å²) in [6.07, 6.45) is 13.4. The third kappa shape index (κ3) is 8.39. The predicted molar refractivity (Wildman–Crippen MR) is 332 cm³/mol. The monoisotopic (exact) mass is 1260 g/mol. The molecule has 0 fully saturated rings. The first-order valence-electron chi connectivity index (χ1n) is 28.7. The summed E-state index contributed by atoms with van der Waals surface area (Å²) in [6, 6.07) is 62.9. The number of para-hydroxylation sites is 3. The van der Waals surface area contributed by atoms with Gasteiger partial charge in [-0.1, -0.05) is 174 Å². The number of aromatic nitrogens is 6. The van der Waals surface area contributed by atoms with Gasteiger partial charge in [0, 0.05) is 74.5 Å². The van der Waals surface area contributed by atoms with Crippen LogP contribution >= 0.6 is 0 Å². The first-order valence-corrected chi connectivity index (χ1v) is 28.7. The van der Waals surface area contributed by atoms with Crippen LogP contribution in [0.4, 0.5) is 0 Å². The summed E-state index contributed by atoms with van der Waals surface area (Å²) in [5, 5.41) is 2.19. The summed E-state index contributed by atoms with van der Waals surface area (Å²) in [6.45, 7) is 28.5. The van der Waals surface area contributed by atoms with Gasteiger partial charge in [-0.05, 0) is 148 Å². The van der Waals surface area contributed by atoms with Gasteiger partial charge in [0.25, 0.3) is 6.33 Å². The molecular formula is C75H66N6OPt-2. The van der Waals surface area contributed by atoms with Crippen molar-refractivity contribution in [3.8, 4) is 62.1 Å². The van der Waals surface area contributed by atoms with E-state index in [1.807, 2.05) is 55.2 Å². The second kappa shape index (κ2) is 19.2. The minimum atomic E-state index is -0.834. The quantitative estimate of drug-likeness (QED) is 0.123. The third-order valence-corrected chi connectivity index (χ3v) is 17.2. The first-order chi connectivity index (χ1) is 39.2. The van der Waals surface area contributed by atoms with Gasteiger partial charge in [0.2, 0.25) is 0 Å². The molecule has 6 heterocycles. The molecular weight excluding hydrogens is 1200 g/mol. The van der Waals surface area contributed by atoms with Crippen molar-refractivity contribution >= 4 is 32.8 Å². The van der Waals surface area contributed by atoms with Crippen LogP contribution in [-0.4, -0.2) is 24.1 Å². The van der Waals surface area contributed by atoms with E-state index in [1.165, 1.54) is 50.1 Å². The van der Waals surface area contributed by atoms with Crippen LogP contribution in [0.1, 0.15) is 128 Å². The largest absolute Gasteiger partial charge is 0.510 e. The number of hydrogen-bond donors (Lipinski definition) is 0. The number of rotatable bonds is 6. The van der Waals surface area contributed by atoms with E-state index in [0.717, 1.165) is 77.8 Å². The van der Waals surface area contributed by atoms with Crippen LogP contribution in [0, 0.1) is 18.5 Å². The molecule has 14 rings (SSSR count).